The molecule has 17 heavy (non-hydrogen) atoms. The lowest BCUT2D eigenvalue weighted by Crippen LogP contribution is -2.03. The van der Waals surface area contributed by atoms with Crippen molar-refractivity contribution < 1.29 is 4.74 Å². The van der Waals surface area contributed by atoms with Crippen LogP contribution in [-0.4, -0.2) is 21.9 Å². The Morgan fingerprint density at radius 1 is 1.53 bits per heavy atom. The fourth-order valence-corrected chi connectivity index (χ4v) is 1.52. The topological polar surface area (TPSA) is 89.8 Å². The number of hydrogen-bond acceptors (Lipinski definition) is 5. The number of hydrogen-bond donors (Lipinski definition) is 1. The summed E-state index contributed by atoms with van der Waals surface area (Å²) in [5.74, 6) is 0.876. The molecule has 0 unspecified atom stereocenters. The van der Waals surface area contributed by atoms with Crippen LogP contribution < -0.4 is 10.5 Å². The van der Waals surface area contributed by atoms with E-state index >= 15 is 0 Å². The number of nitriles is 1. The van der Waals surface area contributed by atoms with E-state index in [1.54, 1.807) is 23.9 Å². The van der Waals surface area contributed by atoms with Gasteiger partial charge in [0.2, 0.25) is 0 Å². The third-order valence-electron chi connectivity index (χ3n) is 2.27. The zero-order valence-corrected chi connectivity index (χ0v) is 9.29. The van der Waals surface area contributed by atoms with Crippen LogP contribution in [0.5, 0.6) is 5.75 Å². The molecule has 2 aromatic rings. The van der Waals surface area contributed by atoms with Crippen molar-refractivity contribution in [1.82, 2.24) is 14.8 Å². The Hall–Kier alpha value is -2.55. The molecule has 0 amide bonds. The van der Waals surface area contributed by atoms with Gasteiger partial charge < -0.3 is 10.5 Å². The van der Waals surface area contributed by atoms with Crippen LogP contribution in [0.25, 0.3) is 0 Å². The van der Waals surface area contributed by atoms with Gasteiger partial charge in [0.1, 0.15) is 18.1 Å². The summed E-state index contributed by atoms with van der Waals surface area (Å²) >= 11 is 0. The second-order valence-electron chi connectivity index (χ2n) is 3.45. The van der Waals surface area contributed by atoms with Gasteiger partial charge in [0.05, 0.1) is 13.7 Å². The third kappa shape index (κ3) is 2.34. The molecule has 0 saturated heterocycles. The summed E-state index contributed by atoms with van der Waals surface area (Å²) in [4.78, 5) is 3.83. The van der Waals surface area contributed by atoms with Crippen LogP contribution >= 0.6 is 0 Å². The second kappa shape index (κ2) is 4.53. The Kier molecular flexibility index (Phi) is 2.92. The van der Waals surface area contributed by atoms with Crippen molar-refractivity contribution in [3.05, 3.63) is 35.9 Å². The minimum Gasteiger partial charge on any atom is -0.496 e. The average Bonchev–Trinajstić information content (AvgIpc) is 2.77. The van der Waals surface area contributed by atoms with E-state index in [9.17, 15) is 0 Å². The van der Waals surface area contributed by atoms with Crippen molar-refractivity contribution in [1.29, 1.82) is 5.26 Å². The second-order valence-corrected chi connectivity index (χ2v) is 3.45. The molecule has 0 bridgehead atoms. The zero-order valence-electron chi connectivity index (χ0n) is 9.29. The molecular formula is C11H11N5O. The molecule has 0 atom stereocenters. The lowest BCUT2D eigenvalue weighted by Gasteiger charge is -2.08. The minimum absolute atomic E-state index is 0.146. The van der Waals surface area contributed by atoms with Gasteiger partial charge in [0.15, 0.2) is 0 Å². The Balaban J connectivity index is 2.29. The lowest BCUT2D eigenvalue weighted by molar-refractivity contribution is 0.407. The fourth-order valence-electron chi connectivity index (χ4n) is 1.52. The predicted molar refractivity (Wildman–Crippen MR) is 61.2 cm³/mol. The van der Waals surface area contributed by atoms with Gasteiger partial charge in [-0.3, -0.25) is 0 Å². The summed E-state index contributed by atoms with van der Waals surface area (Å²) in [5, 5.41) is 12.6. The smallest absolute Gasteiger partial charge is 0.252 e. The molecule has 0 radical (unpaired) electrons. The van der Waals surface area contributed by atoms with Gasteiger partial charge in [-0.1, -0.05) is 0 Å². The van der Waals surface area contributed by atoms with Gasteiger partial charge in [-0.25, -0.2) is 9.67 Å². The van der Waals surface area contributed by atoms with Crippen molar-refractivity contribution in [2.75, 3.05) is 12.8 Å². The van der Waals surface area contributed by atoms with Gasteiger partial charge in [0, 0.05) is 11.3 Å². The maximum absolute atomic E-state index is 8.63. The monoisotopic (exact) mass is 229 g/mol. The average molecular weight is 229 g/mol. The Labute approximate surface area is 98.3 Å². The highest BCUT2D eigenvalue weighted by Gasteiger charge is 2.06. The standard InChI is InChI=1S/C11H11N5O/c1-17-10-3-2-9(13)4-8(10)6-16-7-14-11(5-12)15-16/h2-4,7H,6,13H2,1H3. The van der Waals surface area contributed by atoms with Crippen molar-refractivity contribution >= 4 is 5.69 Å². The van der Waals surface area contributed by atoms with Gasteiger partial charge >= 0.3 is 0 Å². The third-order valence-corrected chi connectivity index (χ3v) is 2.27. The van der Waals surface area contributed by atoms with Crippen LogP contribution in [0.15, 0.2) is 24.5 Å². The molecular weight excluding hydrogens is 218 g/mol. The van der Waals surface area contributed by atoms with Crippen molar-refractivity contribution in [2.45, 2.75) is 6.54 Å². The molecule has 0 saturated carbocycles. The number of nitrogens with two attached hydrogens (primary N) is 1. The van der Waals surface area contributed by atoms with Crippen LogP contribution in [0.4, 0.5) is 5.69 Å². The van der Waals surface area contributed by atoms with Gasteiger partial charge in [0.25, 0.3) is 5.82 Å². The SMILES string of the molecule is COc1ccc(N)cc1Cn1cnc(C#N)n1. The number of rotatable bonds is 3. The van der Waals surface area contributed by atoms with Crippen LogP contribution in [0.1, 0.15) is 11.4 Å². The van der Waals surface area contributed by atoms with E-state index in [0.29, 0.717) is 12.2 Å². The summed E-state index contributed by atoms with van der Waals surface area (Å²) in [6.07, 6.45) is 1.50. The van der Waals surface area contributed by atoms with E-state index in [4.69, 9.17) is 15.7 Å². The van der Waals surface area contributed by atoms with E-state index in [1.807, 2.05) is 12.1 Å². The highest BCUT2D eigenvalue weighted by atomic mass is 16.5. The highest BCUT2D eigenvalue weighted by Crippen LogP contribution is 2.21. The van der Waals surface area contributed by atoms with E-state index in [0.717, 1.165) is 11.3 Å². The molecule has 0 aliphatic rings. The van der Waals surface area contributed by atoms with Crippen LogP contribution in [0, 0.1) is 11.3 Å². The molecule has 6 heteroatoms. The zero-order chi connectivity index (χ0) is 12.3. The molecule has 1 heterocycles. The summed E-state index contributed by atoms with van der Waals surface area (Å²) in [5.41, 5.74) is 7.26. The quantitative estimate of drug-likeness (QED) is 0.786. The number of aromatic nitrogens is 3. The molecule has 2 rings (SSSR count). The Morgan fingerprint density at radius 2 is 2.35 bits per heavy atom. The van der Waals surface area contributed by atoms with Crippen molar-refractivity contribution in [3.8, 4) is 11.8 Å². The first-order valence-electron chi connectivity index (χ1n) is 4.95. The highest BCUT2D eigenvalue weighted by molar-refractivity contribution is 5.47. The molecule has 0 spiro atoms. The number of ether oxygens (including phenoxy) is 1. The molecule has 1 aromatic carbocycles. The van der Waals surface area contributed by atoms with Gasteiger partial charge in [-0.2, -0.15) is 5.26 Å². The Morgan fingerprint density at radius 3 is 3.00 bits per heavy atom. The maximum atomic E-state index is 8.63. The molecule has 0 aliphatic carbocycles. The molecule has 0 fully saturated rings. The number of nitrogens with zero attached hydrogens (tertiary/aromatic N) is 4. The van der Waals surface area contributed by atoms with Crippen LogP contribution in [-0.2, 0) is 6.54 Å². The molecule has 2 N–H and O–H groups in total. The van der Waals surface area contributed by atoms with Gasteiger partial charge in [-0.05, 0) is 18.2 Å². The number of benzene rings is 1. The van der Waals surface area contributed by atoms with Gasteiger partial charge in [-0.15, -0.1) is 5.10 Å². The summed E-state index contributed by atoms with van der Waals surface area (Å²) in [6.45, 7) is 0.461. The Bertz CT molecular complexity index is 569. The van der Waals surface area contributed by atoms with E-state index in [2.05, 4.69) is 10.1 Å². The number of anilines is 1. The molecule has 1 aromatic heterocycles. The first kappa shape index (κ1) is 11.0. The van der Waals surface area contributed by atoms with Crippen LogP contribution in [0.3, 0.4) is 0 Å². The largest absolute Gasteiger partial charge is 0.496 e. The number of nitrogen functional groups attached to an aromatic ring is 1. The molecule has 0 aliphatic heterocycles. The van der Waals surface area contributed by atoms with Crippen LogP contribution in [0.2, 0.25) is 0 Å². The van der Waals surface area contributed by atoms with E-state index < -0.39 is 0 Å². The predicted octanol–water partition coefficient (Wildman–Crippen LogP) is 0.789. The summed E-state index contributed by atoms with van der Waals surface area (Å²) in [6, 6.07) is 7.25. The molecule has 6 nitrogen and oxygen atoms in total. The first-order chi connectivity index (χ1) is 8.22. The fraction of sp³-hybridized carbons (Fsp3) is 0.182. The lowest BCUT2D eigenvalue weighted by atomic mass is 10.2. The van der Waals surface area contributed by atoms with Crippen molar-refractivity contribution in [2.24, 2.45) is 0 Å². The summed E-state index contributed by atoms with van der Waals surface area (Å²) < 4.78 is 6.79. The first-order valence-corrected chi connectivity index (χ1v) is 4.95. The number of methoxy groups -OCH3 is 1. The van der Waals surface area contributed by atoms with Crippen molar-refractivity contribution in [3.63, 3.8) is 0 Å². The van der Waals surface area contributed by atoms with E-state index in [1.165, 1.54) is 6.33 Å². The van der Waals surface area contributed by atoms with E-state index in [-0.39, 0.29) is 5.82 Å². The maximum Gasteiger partial charge on any atom is 0.252 e. The normalized spacial score (nSPS) is 9.88. The molecule has 86 valence electrons. The minimum atomic E-state index is 0.146. The summed E-state index contributed by atoms with van der Waals surface area (Å²) in [7, 11) is 1.59.